The zero-order valence-corrected chi connectivity index (χ0v) is 26.0. The summed E-state index contributed by atoms with van der Waals surface area (Å²) in [6, 6.07) is 4.63. The molecule has 0 spiro atoms. The van der Waals surface area contributed by atoms with Crippen molar-refractivity contribution in [1.82, 2.24) is 26.2 Å². The lowest BCUT2D eigenvalue weighted by atomic mass is 9.99. The highest BCUT2D eigenvalue weighted by atomic mass is 16.5. The molecule has 1 aromatic rings. The number of methoxy groups -OCH3 is 1. The molecule has 13 heteroatoms. The minimum Gasteiger partial charge on any atom is -0.384 e. The molecule has 1 aromatic carbocycles. The molecule has 2 heterocycles. The number of likely N-dealkylation sites (tertiary alicyclic amines) is 1. The van der Waals surface area contributed by atoms with E-state index in [-0.39, 0.29) is 31.3 Å². The van der Waals surface area contributed by atoms with Crippen molar-refractivity contribution in [2.45, 2.75) is 89.5 Å². The van der Waals surface area contributed by atoms with Crippen LogP contribution in [0.15, 0.2) is 30.3 Å². The van der Waals surface area contributed by atoms with Crippen molar-refractivity contribution in [3.63, 3.8) is 0 Å². The third kappa shape index (κ3) is 9.50. The smallest absolute Gasteiger partial charge is 0.246 e. The molecule has 13 nitrogen and oxygen atoms in total. The average molecular weight is 615 g/mol. The van der Waals surface area contributed by atoms with Gasteiger partial charge in [0.2, 0.25) is 35.4 Å². The molecule has 0 bridgehead atoms. The highest BCUT2D eigenvalue weighted by molar-refractivity contribution is 5.97. The monoisotopic (exact) mass is 614 g/mol. The number of amides is 6. The molecule has 3 rings (SSSR count). The molecule has 0 radical (unpaired) electrons. The molecule has 6 amide bonds. The first-order valence-electron chi connectivity index (χ1n) is 15.2. The van der Waals surface area contributed by atoms with Crippen LogP contribution in [0.25, 0.3) is 0 Å². The second-order valence-electron chi connectivity index (χ2n) is 12.1. The van der Waals surface area contributed by atoms with E-state index < -0.39 is 65.7 Å². The first-order valence-corrected chi connectivity index (χ1v) is 15.2. The number of carbonyl (C=O) groups is 6. The Kier molecular flexibility index (Phi) is 12.7. The molecule has 2 aliphatic rings. The van der Waals surface area contributed by atoms with Gasteiger partial charge in [0.25, 0.3) is 0 Å². The van der Waals surface area contributed by atoms with Crippen molar-refractivity contribution >= 4 is 35.4 Å². The molecule has 0 aliphatic carbocycles. The minimum absolute atomic E-state index is 0.0269. The Hall–Kier alpha value is -4.00. The number of ether oxygens (including phenoxy) is 1. The van der Waals surface area contributed by atoms with Gasteiger partial charge in [-0.15, -0.1) is 0 Å². The molecule has 242 valence electrons. The van der Waals surface area contributed by atoms with E-state index in [4.69, 9.17) is 10.5 Å². The summed E-state index contributed by atoms with van der Waals surface area (Å²) in [7, 11) is 1.49. The van der Waals surface area contributed by atoms with Crippen LogP contribution in [0.2, 0.25) is 0 Å². The van der Waals surface area contributed by atoms with Crippen molar-refractivity contribution in [2.24, 2.45) is 17.6 Å². The fraction of sp³-hybridized carbons (Fsp3) is 0.613. The number of nitrogens with two attached hydrogens (primary N) is 1. The lowest BCUT2D eigenvalue weighted by Crippen LogP contribution is -2.60. The Bertz CT molecular complexity index is 1190. The standard InChI is InChI=1S/C31H46N6O7/c1-18(2)15-23(29(41)34-22(27(32)39)16-20-9-6-5-7-10-20)35-30(42)24-11-8-14-37(24)31(43)26(19(3)17-44-4)36-28(40)21-12-13-25(38)33-21/h5-7,9-10,18-19,21-24,26H,8,11-17H2,1-4H3,(H2,32,39)(H,33,38)(H,34,41)(H,35,42)(H,36,40)/t19-,21-,22?,23-,24-,26-/m0/s1. The first-order chi connectivity index (χ1) is 20.9. The van der Waals surface area contributed by atoms with Crippen LogP contribution < -0.4 is 27.0 Å². The van der Waals surface area contributed by atoms with Crippen molar-refractivity contribution in [3.8, 4) is 0 Å². The summed E-state index contributed by atoms with van der Waals surface area (Å²) in [6.07, 6.45) is 2.00. The molecule has 44 heavy (non-hydrogen) atoms. The molecule has 0 aromatic heterocycles. The fourth-order valence-corrected chi connectivity index (χ4v) is 5.67. The second kappa shape index (κ2) is 16.2. The van der Waals surface area contributed by atoms with E-state index >= 15 is 0 Å². The average Bonchev–Trinajstić information content (AvgIpc) is 3.64. The third-order valence-corrected chi connectivity index (χ3v) is 8.00. The number of primary amides is 1. The topological polar surface area (TPSA) is 189 Å². The van der Waals surface area contributed by atoms with Crippen molar-refractivity contribution in [2.75, 3.05) is 20.3 Å². The zero-order valence-electron chi connectivity index (χ0n) is 26.0. The number of nitrogens with one attached hydrogen (secondary N) is 4. The van der Waals surface area contributed by atoms with Gasteiger partial charge in [-0.1, -0.05) is 51.1 Å². The van der Waals surface area contributed by atoms with Crippen LogP contribution in [-0.4, -0.2) is 90.8 Å². The van der Waals surface area contributed by atoms with Gasteiger partial charge in [0.15, 0.2) is 0 Å². The fourth-order valence-electron chi connectivity index (χ4n) is 5.67. The van der Waals surface area contributed by atoms with Crippen molar-refractivity contribution in [1.29, 1.82) is 0 Å². The molecule has 6 N–H and O–H groups in total. The Balaban J connectivity index is 1.73. The van der Waals surface area contributed by atoms with Crippen LogP contribution in [0.5, 0.6) is 0 Å². The number of hydrogen-bond acceptors (Lipinski definition) is 7. The predicted octanol–water partition coefficient (Wildman–Crippen LogP) is -0.233. The number of rotatable bonds is 15. The van der Waals surface area contributed by atoms with Gasteiger partial charge in [0, 0.05) is 32.4 Å². The van der Waals surface area contributed by atoms with Crippen molar-refractivity contribution in [3.05, 3.63) is 35.9 Å². The molecule has 2 aliphatic heterocycles. The summed E-state index contributed by atoms with van der Waals surface area (Å²) < 4.78 is 5.25. The van der Waals surface area contributed by atoms with Crippen LogP contribution in [0.1, 0.15) is 58.4 Å². The van der Waals surface area contributed by atoms with Gasteiger partial charge in [-0.05, 0) is 37.2 Å². The molecular weight excluding hydrogens is 568 g/mol. The quantitative estimate of drug-likeness (QED) is 0.180. The third-order valence-electron chi connectivity index (χ3n) is 8.00. The Morgan fingerprint density at radius 3 is 2.30 bits per heavy atom. The van der Waals surface area contributed by atoms with E-state index in [0.717, 1.165) is 5.56 Å². The van der Waals surface area contributed by atoms with Gasteiger partial charge >= 0.3 is 0 Å². The molecule has 2 fully saturated rings. The van der Waals surface area contributed by atoms with Crippen LogP contribution in [-0.2, 0) is 39.9 Å². The van der Waals surface area contributed by atoms with Gasteiger partial charge in [-0.3, -0.25) is 28.8 Å². The van der Waals surface area contributed by atoms with Crippen LogP contribution in [0, 0.1) is 11.8 Å². The van der Waals surface area contributed by atoms with Crippen LogP contribution >= 0.6 is 0 Å². The van der Waals surface area contributed by atoms with E-state index in [1.165, 1.54) is 12.0 Å². The van der Waals surface area contributed by atoms with Gasteiger partial charge in [-0.25, -0.2) is 0 Å². The summed E-state index contributed by atoms with van der Waals surface area (Å²) in [5.41, 5.74) is 6.42. The van der Waals surface area contributed by atoms with Crippen LogP contribution in [0.4, 0.5) is 0 Å². The summed E-state index contributed by atoms with van der Waals surface area (Å²) in [4.78, 5) is 79.0. The second-order valence-corrected chi connectivity index (χ2v) is 12.1. The Morgan fingerprint density at radius 1 is 1.00 bits per heavy atom. The highest BCUT2D eigenvalue weighted by Gasteiger charge is 2.41. The van der Waals surface area contributed by atoms with Crippen molar-refractivity contribution < 1.29 is 33.5 Å². The van der Waals surface area contributed by atoms with E-state index in [2.05, 4.69) is 21.3 Å². The Labute approximate surface area is 258 Å². The molecular formula is C31H46N6O7. The summed E-state index contributed by atoms with van der Waals surface area (Å²) in [5.74, 6) is -3.26. The maximum Gasteiger partial charge on any atom is 0.246 e. The number of carbonyl (C=O) groups excluding carboxylic acids is 6. The normalized spacial score (nSPS) is 20.8. The minimum atomic E-state index is -0.988. The van der Waals surface area contributed by atoms with Gasteiger partial charge < -0.3 is 36.6 Å². The van der Waals surface area contributed by atoms with Gasteiger partial charge in [0.1, 0.15) is 30.2 Å². The lowest BCUT2D eigenvalue weighted by Gasteiger charge is -2.32. The lowest BCUT2D eigenvalue weighted by molar-refractivity contribution is -0.144. The van der Waals surface area contributed by atoms with E-state index in [1.807, 2.05) is 44.2 Å². The summed E-state index contributed by atoms with van der Waals surface area (Å²) in [5, 5.41) is 10.9. The molecule has 1 unspecified atom stereocenters. The van der Waals surface area contributed by atoms with E-state index in [9.17, 15) is 28.8 Å². The first kappa shape index (κ1) is 34.5. The predicted molar refractivity (Wildman–Crippen MR) is 162 cm³/mol. The van der Waals surface area contributed by atoms with E-state index in [1.54, 1.807) is 6.92 Å². The number of hydrogen-bond donors (Lipinski definition) is 5. The number of nitrogens with zero attached hydrogens (tertiary/aromatic N) is 1. The van der Waals surface area contributed by atoms with E-state index in [0.29, 0.717) is 32.2 Å². The summed E-state index contributed by atoms with van der Waals surface area (Å²) >= 11 is 0. The zero-order chi connectivity index (χ0) is 32.4. The maximum absolute atomic E-state index is 13.8. The maximum atomic E-state index is 13.8. The molecule has 0 saturated carbocycles. The molecule has 6 atom stereocenters. The largest absolute Gasteiger partial charge is 0.384 e. The van der Waals surface area contributed by atoms with Gasteiger partial charge in [0.05, 0.1) is 6.61 Å². The SMILES string of the molecule is COC[C@H](C)[C@H](NC(=O)[C@@H]1CCC(=O)N1)C(=O)N1CCC[C@H]1C(=O)N[C@@H](CC(C)C)C(=O)NC(Cc1ccccc1)C(N)=O. The summed E-state index contributed by atoms with van der Waals surface area (Å²) in [6.45, 7) is 6.05. The van der Waals surface area contributed by atoms with Crippen LogP contribution in [0.3, 0.4) is 0 Å². The Morgan fingerprint density at radius 2 is 1.70 bits per heavy atom. The number of benzene rings is 1. The van der Waals surface area contributed by atoms with Gasteiger partial charge in [-0.2, -0.15) is 0 Å². The highest BCUT2D eigenvalue weighted by Crippen LogP contribution is 2.22. The molecule has 2 saturated heterocycles.